The number of aromatic nitrogens is 4. The summed E-state index contributed by atoms with van der Waals surface area (Å²) in [6, 6.07) is 5.02. The van der Waals surface area contributed by atoms with Crippen LogP contribution < -0.4 is 21.5 Å². The molecule has 3 aromatic heterocycles. The van der Waals surface area contributed by atoms with Crippen LogP contribution in [0.5, 0.6) is 0 Å². The zero-order valence-electron chi connectivity index (χ0n) is 19.1. The van der Waals surface area contributed by atoms with Crippen molar-refractivity contribution >= 4 is 28.9 Å². The van der Waals surface area contributed by atoms with E-state index in [4.69, 9.17) is 4.74 Å². The van der Waals surface area contributed by atoms with E-state index in [-0.39, 0.29) is 29.7 Å². The smallest absolute Gasteiger partial charge is 0.274 e. The maximum absolute atomic E-state index is 13.3. The summed E-state index contributed by atoms with van der Waals surface area (Å²) in [6.07, 6.45) is 5.70. The Morgan fingerprint density at radius 3 is 2.79 bits per heavy atom. The van der Waals surface area contributed by atoms with Crippen LogP contribution in [0.1, 0.15) is 48.5 Å². The van der Waals surface area contributed by atoms with E-state index in [1.807, 2.05) is 0 Å². The topological polar surface area (TPSA) is 115 Å². The summed E-state index contributed by atoms with van der Waals surface area (Å²) < 4.78 is 21.8. The van der Waals surface area contributed by atoms with Crippen LogP contribution >= 0.6 is 0 Å². The summed E-state index contributed by atoms with van der Waals surface area (Å²) >= 11 is 0. The SMILES string of the molecule is CNc1cc(Nc2cccn(C3CC(F)C3)c2=O)nc2c(C(=O)NC3CC[C@@H](OC)C3)cnn12. The standard InChI is InChI=1S/C23H28FN7O3/c1-25-20-11-19(28-18-4-3-7-30(23(18)33)15-8-13(24)9-15)29-21-17(12-26-31(20)21)22(32)27-14-5-6-16(10-14)34-2/h3-4,7,11-16,25H,5-6,8-10H2,1-2H3,(H,27,32)(H,28,29)/t13?,14?,15?,16-/m1/s1. The number of alkyl halides is 1. The van der Waals surface area contributed by atoms with Gasteiger partial charge in [-0.3, -0.25) is 9.59 Å². The number of rotatable bonds is 7. The first kappa shape index (κ1) is 22.3. The fourth-order valence-electron chi connectivity index (χ4n) is 4.69. The van der Waals surface area contributed by atoms with E-state index in [2.05, 4.69) is 26.0 Å². The molecule has 3 N–H and O–H groups in total. The molecule has 3 aromatic rings. The predicted molar refractivity (Wildman–Crippen MR) is 126 cm³/mol. The molecule has 2 atom stereocenters. The molecule has 0 saturated heterocycles. The third-order valence-electron chi connectivity index (χ3n) is 6.71. The Morgan fingerprint density at radius 1 is 1.26 bits per heavy atom. The van der Waals surface area contributed by atoms with E-state index in [0.29, 0.717) is 41.4 Å². The monoisotopic (exact) mass is 469 g/mol. The fourth-order valence-corrected chi connectivity index (χ4v) is 4.69. The fraction of sp³-hybridized carbons (Fsp3) is 0.478. The molecular weight excluding hydrogens is 441 g/mol. The molecule has 180 valence electrons. The minimum absolute atomic E-state index is 0.0377. The van der Waals surface area contributed by atoms with E-state index in [1.54, 1.807) is 47.6 Å². The lowest BCUT2D eigenvalue weighted by Gasteiger charge is -2.31. The Bertz CT molecular complexity index is 1270. The number of amides is 1. The van der Waals surface area contributed by atoms with Crippen molar-refractivity contribution in [3.8, 4) is 0 Å². The van der Waals surface area contributed by atoms with Crippen molar-refractivity contribution < 1.29 is 13.9 Å². The average molecular weight is 470 g/mol. The minimum atomic E-state index is -0.855. The quantitative estimate of drug-likeness (QED) is 0.487. The van der Waals surface area contributed by atoms with Crippen LogP contribution in [0.2, 0.25) is 0 Å². The molecule has 34 heavy (non-hydrogen) atoms. The van der Waals surface area contributed by atoms with Gasteiger partial charge in [-0.1, -0.05) is 0 Å². The Hall–Kier alpha value is -3.47. The molecule has 0 aromatic carbocycles. The molecule has 0 bridgehead atoms. The van der Waals surface area contributed by atoms with Crippen molar-refractivity contribution in [2.45, 2.75) is 56.5 Å². The second-order valence-corrected chi connectivity index (χ2v) is 8.89. The highest BCUT2D eigenvalue weighted by Crippen LogP contribution is 2.33. The van der Waals surface area contributed by atoms with Crippen LogP contribution in [0.3, 0.4) is 0 Å². The van der Waals surface area contributed by atoms with Crippen LogP contribution in [-0.2, 0) is 4.74 Å². The molecule has 0 spiro atoms. The van der Waals surface area contributed by atoms with Gasteiger partial charge in [0, 0.05) is 38.5 Å². The average Bonchev–Trinajstić information content (AvgIpc) is 3.45. The molecule has 2 fully saturated rings. The van der Waals surface area contributed by atoms with Crippen LogP contribution in [0.15, 0.2) is 35.4 Å². The first-order valence-electron chi connectivity index (χ1n) is 11.5. The summed E-state index contributed by atoms with van der Waals surface area (Å²) in [5.41, 5.74) is 0.789. The highest BCUT2D eigenvalue weighted by Gasteiger charge is 2.31. The summed E-state index contributed by atoms with van der Waals surface area (Å²) in [5, 5.41) is 13.5. The molecule has 0 aliphatic heterocycles. The molecule has 10 nitrogen and oxygen atoms in total. The first-order chi connectivity index (χ1) is 16.5. The molecule has 1 amide bonds. The van der Waals surface area contributed by atoms with Gasteiger partial charge in [0.15, 0.2) is 5.65 Å². The Labute approximate surface area is 195 Å². The van der Waals surface area contributed by atoms with Gasteiger partial charge in [-0.2, -0.15) is 9.61 Å². The first-order valence-corrected chi connectivity index (χ1v) is 11.5. The van der Waals surface area contributed by atoms with Crippen LogP contribution in [0, 0.1) is 0 Å². The lowest BCUT2D eigenvalue weighted by atomic mass is 9.90. The van der Waals surface area contributed by atoms with Gasteiger partial charge in [-0.15, -0.1) is 0 Å². The number of carbonyl (C=O) groups is 1. The maximum Gasteiger partial charge on any atom is 0.274 e. The van der Waals surface area contributed by atoms with Crippen LogP contribution in [0.25, 0.3) is 5.65 Å². The number of pyridine rings is 1. The van der Waals surface area contributed by atoms with E-state index >= 15 is 0 Å². The third-order valence-corrected chi connectivity index (χ3v) is 6.71. The molecule has 0 radical (unpaired) electrons. The molecule has 2 aliphatic rings. The summed E-state index contributed by atoms with van der Waals surface area (Å²) in [4.78, 5) is 30.5. The van der Waals surface area contributed by atoms with Crippen molar-refractivity contribution in [2.75, 3.05) is 24.8 Å². The van der Waals surface area contributed by atoms with Gasteiger partial charge in [-0.05, 0) is 44.2 Å². The van der Waals surface area contributed by atoms with Crippen molar-refractivity contribution in [2.24, 2.45) is 0 Å². The Morgan fingerprint density at radius 2 is 2.09 bits per heavy atom. The number of fused-ring (bicyclic) bond motifs is 1. The number of methoxy groups -OCH3 is 1. The predicted octanol–water partition coefficient (Wildman–Crippen LogP) is 2.65. The van der Waals surface area contributed by atoms with Gasteiger partial charge in [0.25, 0.3) is 11.5 Å². The zero-order valence-corrected chi connectivity index (χ0v) is 19.1. The van der Waals surface area contributed by atoms with Gasteiger partial charge in [0.05, 0.1) is 12.3 Å². The third kappa shape index (κ3) is 4.11. The van der Waals surface area contributed by atoms with Gasteiger partial charge < -0.3 is 25.3 Å². The molecule has 1 unspecified atom stereocenters. The second kappa shape index (κ2) is 9.05. The van der Waals surface area contributed by atoms with Crippen molar-refractivity contribution in [1.29, 1.82) is 0 Å². The van der Waals surface area contributed by atoms with Gasteiger partial charge in [0.1, 0.15) is 29.1 Å². The second-order valence-electron chi connectivity index (χ2n) is 8.89. The number of nitrogens with zero attached hydrogens (tertiary/aromatic N) is 4. The van der Waals surface area contributed by atoms with Crippen molar-refractivity contribution in [3.63, 3.8) is 0 Å². The lowest BCUT2D eigenvalue weighted by Crippen LogP contribution is -2.35. The molecule has 11 heteroatoms. The van der Waals surface area contributed by atoms with E-state index in [9.17, 15) is 14.0 Å². The number of halogens is 1. The van der Waals surface area contributed by atoms with Crippen LogP contribution in [-0.4, -0.2) is 57.5 Å². The Balaban J connectivity index is 1.42. The van der Waals surface area contributed by atoms with Crippen molar-refractivity contribution in [3.05, 3.63) is 46.5 Å². The highest BCUT2D eigenvalue weighted by molar-refractivity contribution is 6.00. The zero-order chi connectivity index (χ0) is 23.8. The normalized spacial score (nSPS) is 24.1. The molecule has 3 heterocycles. The number of carbonyl (C=O) groups excluding carboxylic acids is 1. The summed E-state index contributed by atoms with van der Waals surface area (Å²) in [7, 11) is 3.42. The number of nitrogens with one attached hydrogen (secondary N) is 3. The molecule has 5 rings (SSSR count). The van der Waals surface area contributed by atoms with E-state index < -0.39 is 6.17 Å². The lowest BCUT2D eigenvalue weighted by molar-refractivity contribution is 0.0916. The maximum atomic E-state index is 13.3. The summed E-state index contributed by atoms with van der Waals surface area (Å²) in [5.74, 6) is 0.734. The molecule has 2 saturated carbocycles. The molecular formula is C23H28FN7O3. The number of ether oxygens (including phenoxy) is 1. The largest absolute Gasteiger partial charge is 0.381 e. The van der Waals surface area contributed by atoms with E-state index in [0.717, 1.165) is 19.3 Å². The van der Waals surface area contributed by atoms with Gasteiger partial charge in [0.2, 0.25) is 0 Å². The molecule has 2 aliphatic carbocycles. The number of anilines is 3. The van der Waals surface area contributed by atoms with Crippen molar-refractivity contribution in [1.82, 2.24) is 24.5 Å². The summed E-state index contributed by atoms with van der Waals surface area (Å²) in [6.45, 7) is 0. The Kier molecular flexibility index (Phi) is 5.94. The number of hydrogen-bond acceptors (Lipinski definition) is 7. The minimum Gasteiger partial charge on any atom is -0.381 e. The van der Waals surface area contributed by atoms with E-state index in [1.165, 1.54) is 6.20 Å². The number of hydrogen-bond donors (Lipinski definition) is 3. The van der Waals surface area contributed by atoms with Crippen LogP contribution in [0.4, 0.5) is 21.7 Å². The van der Waals surface area contributed by atoms with Gasteiger partial charge in [-0.25, -0.2) is 9.37 Å². The van der Waals surface area contributed by atoms with Gasteiger partial charge >= 0.3 is 0 Å². The highest BCUT2D eigenvalue weighted by atomic mass is 19.1.